The van der Waals surface area contributed by atoms with Crippen molar-refractivity contribution in [1.29, 1.82) is 5.26 Å². The molecular weight excluding hydrogens is 552 g/mol. The zero-order valence-electron chi connectivity index (χ0n) is 23.3. The minimum Gasteiger partial charge on any atom is -0.487 e. The molecule has 0 radical (unpaired) electrons. The number of halogens is 1. The van der Waals surface area contributed by atoms with Crippen LogP contribution in [-0.2, 0) is 21.0 Å². The van der Waals surface area contributed by atoms with E-state index in [1.165, 1.54) is 10.9 Å². The molecule has 2 aromatic rings. The van der Waals surface area contributed by atoms with Crippen molar-refractivity contribution >= 4 is 31.4 Å². The van der Waals surface area contributed by atoms with E-state index in [1.807, 2.05) is 11.0 Å². The van der Waals surface area contributed by atoms with E-state index in [-0.39, 0.29) is 42.2 Å². The number of hydrogen-bond acceptors (Lipinski definition) is 9. The van der Waals surface area contributed by atoms with Crippen molar-refractivity contribution in [2.75, 3.05) is 44.3 Å². The van der Waals surface area contributed by atoms with Gasteiger partial charge in [0.1, 0.15) is 25.2 Å². The number of aromatic nitrogens is 3. The summed E-state index contributed by atoms with van der Waals surface area (Å²) < 4.78 is 18.6. The summed E-state index contributed by atoms with van der Waals surface area (Å²) in [5.74, 6) is 1.09. The fraction of sp³-hybridized carbons (Fsp3) is 0.593. The van der Waals surface area contributed by atoms with Crippen molar-refractivity contribution < 1.29 is 19.0 Å². The predicted octanol–water partition coefficient (Wildman–Crippen LogP) is 3.14. The highest BCUT2D eigenvalue weighted by Gasteiger charge is 2.30. The number of rotatable bonds is 11. The molecule has 1 amide bonds. The van der Waals surface area contributed by atoms with Crippen molar-refractivity contribution in [2.45, 2.75) is 63.9 Å². The molecule has 11 nitrogen and oxygen atoms in total. The van der Waals surface area contributed by atoms with Crippen LogP contribution in [0.5, 0.6) is 5.75 Å². The van der Waals surface area contributed by atoms with Crippen LogP contribution >= 0.6 is 11.6 Å². The number of carbonyl (C=O) groups is 1. The van der Waals surface area contributed by atoms with E-state index >= 15 is 0 Å². The van der Waals surface area contributed by atoms with Crippen LogP contribution in [0.3, 0.4) is 0 Å². The van der Waals surface area contributed by atoms with Gasteiger partial charge < -0.3 is 24.0 Å². The zero-order valence-corrected chi connectivity index (χ0v) is 25.1. The van der Waals surface area contributed by atoms with Gasteiger partial charge in [0, 0.05) is 47.1 Å². The summed E-state index contributed by atoms with van der Waals surface area (Å²) in [5, 5.41) is 13.0. The Hall–Kier alpha value is -2.98. The van der Waals surface area contributed by atoms with E-state index < -0.39 is 13.6 Å². The lowest BCUT2D eigenvalue weighted by Gasteiger charge is -2.35. The molecule has 2 unspecified atom stereocenters. The van der Waals surface area contributed by atoms with Crippen molar-refractivity contribution in [3.8, 4) is 11.8 Å². The molecule has 2 aliphatic rings. The third-order valence-electron chi connectivity index (χ3n) is 7.02. The van der Waals surface area contributed by atoms with Gasteiger partial charge in [0.25, 0.3) is 5.56 Å². The minimum absolute atomic E-state index is 0.0381. The highest BCUT2D eigenvalue weighted by Crippen LogP contribution is 2.26. The summed E-state index contributed by atoms with van der Waals surface area (Å²) in [7, 11) is -1.22. The SMILES string of the molecule is C[Si](C)(C)CCOCn1ncc(OCC2CCC(CC(=O)N3CCN(c4ccc(C#N)cn4)CC3)O2)c(Cl)c1=O. The lowest BCUT2D eigenvalue weighted by Crippen LogP contribution is -2.49. The summed E-state index contributed by atoms with van der Waals surface area (Å²) >= 11 is 6.26. The standard InChI is InChI=1S/C27H37ClN6O5Si/c1-40(2,3)13-12-37-19-34-27(36)26(28)23(17-31-34)38-18-22-6-5-21(39-22)14-25(35)33-10-8-32(9-11-33)24-7-4-20(15-29)16-30-24/h4,7,16-17,21-22H,5-6,8-14,18-19H2,1-3H3. The minimum atomic E-state index is -1.22. The summed E-state index contributed by atoms with van der Waals surface area (Å²) in [5.41, 5.74) is 0.0660. The van der Waals surface area contributed by atoms with Crippen LogP contribution in [0.15, 0.2) is 29.3 Å². The molecule has 0 aliphatic carbocycles. The van der Waals surface area contributed by atoms with E-state index in [2.05, 4.69) is 40.7 Å². The Balaban J connectivity index is 1.18. The highest BCUT2D eigenvalue weighted by molar-refractivity contribution is 6.76. The lowest BCUT2D eigenvalue weighted by atomic mass is 10.1. The van der Waals surface area contributed by atoms with Gasteiger partial charge in [-0.1, -0.05) is 31.2 Å². The van der Waals surface area contributed by atoms with E-state index in [4.69, 9.17) is 31.1 Å². The second-order valence-corrected chi connectivity index (χ2v) is 17.3. The Morgan fingerprint density at radius 3 is 2.60 bits per heavy atom. The molecule has 4 heterocycles. The van der Waals surface area contributed by atoms with Crippen LogP contribution in [0.4, 0.5) is 5.82 Å². The Morgan fingerprint density at radius 2 is 1.93 bits per heavy atom. The van der Waals surface area contributed by atoms with Crippen molar-refractivity contribution in [3.63, 3.8) is 0 Å². The van der Waals surface area contributed by atoms with E-state index in [9.17, 15) is 9.59 Å². The van der Waals surface area contributed by atoms with E-state index in [0.29, 0.717) is 44.8 Å². The number of amides is 1. The maximum absolute atomic E-state index is 12.9. The fourth-order valence-corrected chi connectivity index (χ4v) is 5.51. The number of ether oxygens (including phenoxy) is 3. The molecule has 13 heteroatoms. The second-order valence-electron chi connectivity index (χ2n) is 11.3. The maximum Gasteiger partial charge on any atom is 0.291 e. The Kier molecular flexibility index (Phi) is 10.2. The number of nitriles is 1. The first-order valence-corrected chi connectivity index (χ1v) is 17.7. The lowest BCUT2D eigenvalue weighted by molar-refractivity contribution is -0.134. The van der Waals surface area contributed by atoms with Crippen LogP contribution in [0.1, 0.15) is 24.8 Å². The summed E-state index contributed by atoms with van der Waals surface area (Å²) in [4.78, 5) is 33.8. The Bertz CT molecular complexity index is 1250. The largest absolute Gasteiger partial charge is 0.487 e. The first kappa shape index (κ1) is 30.0. The molecule has 2 aliphatic heterocycles. The quantitative estimate of drug-likeness (QED) is 0.288. The van der Waals surface area contributed by atoms with Gasteiger partial charge in [-0.05, 0) is 31.0 Å². The maximum atomic E-state index is 12.9. The number of anilines is 1. The fourth-order valence-electron chi connectivity index (χ4n) is 4.56. The van der Waals surface area contributed by atoms with Gasteiger partial charge in [-0.3, -0.25) is 9.59 Å². The Morgan fingerprint density at radius 1 is 1.18 bits per heavy atom. The molecule has 0 bridgehead atoms. The molecule has 0 spiro atoms. The molecule has 0 aromatic carbocycles. The van der Waals surface area contributed by atoms with Crippen LogP contribution < -0.4 is 15.2 Å². The third-order valence-corrected chi connectivity index (χ3v) is 9.07. The first-order valence-electron chi connectivity index (χ1n) is 13.6. The molecular formula is C27H37ClN6O5Si. The van der Waals surface area contributed by atoms with Crippen LogP contribution in [-0.4, -0.2) is 85.2 Å². The molecule has 0 N–H and O–H groups in total. The van der Waals surface area contributed by atoms with Gasteiger partial charge in [-0.2, -0.15) is 10.4 Å². The van der Waals surface area contributed by atoms with Gasteiger partial charge in [-0.25, -0.2) is 9.67 Å². The van der Waals surface area contributed by atoms with Crippen LogP contribution in [0.25, 0.3) is 0 Å². The molecule has 216 valence electrons. The number of nitrogens with zero attached hydrogens (tertiary/aromatic N) is 6. The van der Waals surface area contributed by atoms with E-state index in [0.717, 1.165) is 24.7 Å². The zero-order chi connectivity index (χ0) is 28.7. The second kappa shape index (κ2) is 13.6. The van der Waals surface area contributed by atoms with Crippen LogP contribution in [0, 0.1) is 11.3 Å². The smallest absolute Gasteiger partial charge is 0.291 e. The first-order chi connectivity index (χ1) is 19.1. The molecule has 0 saturated carbocycles. The van der Waals surface area contributed by atoms with Gasteiger partial charge in [0.2, 0.25) is 5.91 Å². The topological polar surface area (TPSA) is 123 Å². The number of carbonyl (C=O) groups excluding carboxylic acids is 1. The molecule has 40 heavy (non-hydrogen) atoms. The van der Waals surface area contributed by atoms with Crippen molar-refractivity contribution in [2.24, 2.45) is 0 Å². The molecule has 2 fully saturated rings. The molecule has 2 aromatic heterocycles. The Labute approximate surface area is 240 Å². The van der Waals surface area contributed by atoms with Crippen molar-refractivity contribution in [3.05, 3.63) is 45.5 Å². The third kappa shape index (κ3) is 8.27. The number of piperazine rings is 1. The van der Waals surface area contributed by atoms with Gasteiger partial charge in [-0.15, -0.1) is 0 Å². The van der Waals surface area contributed by atoms with Gasteiger partial charge >= 0.3 is 0 Å². The summed E-state index contributed by atoms with van der Waals surface area (Å²) in [6.07, 6.45) is 4.46. The van der Waals surface area contributed by atoms with E-state index in [1.54, 1.807) is 12.3 Å². The number of pyridine rings is 1. The van der Waals surface area contributed by atoms with Gasteiger partial charge in [0.05, 0.1) is 30.4 Å². The normalized spacial score (nSPS) is 19.5. The van der Waals surface area contributed by atoms with Crippen molar-refractivity contribution in [1.82, 2.24) is 19.7 Å². The molecule has 2 saturated heterocycles. The van der Waals surface area contributed by atoms with Crippen LogP contribution in [0.2, 0.25) is 30.7 Å². The highest BCUT2D eigenvalue weighted by atomic mass is 35.5. The average molecular weight is 589 g/mol. The van der Waals surface area contributed by atoms with Gasteiger partial charge in [0.15, 0.2) is 10.8 Å². The molecule has 2 atom stereocenters. The predicted molar refractivity (Wildman–Crippen MR) is 153 cm³/mol. The number of hydrogen-bond donors (Lipinski definition) is 0. The molecule has 4 rings (SSSR count). The monoisotopic (exact) mass is 588 g/mol. The summed E-state index contributed by atoms with van der Waals surface area (Å²) in [6.45, 7) is 10.2. The summed E-state index contributed by atoms with van der Waals surface area (Å²) in [6, 6.07) is 6.66. The average Bonchev–Trinajstić information content (AvgIpc) is 3.39.